The topological polar surface area (TPSA) is 66.7 Å². The number of benzene rings is 1. The van der Waals surface area contributed by atoms with Gasteiger partial charge >= 0.3 is 0 Å². The molecule has 0 bridgehead atoms. The molecule has 0 aliphatic heterocycles. The molecule has 0 aliphatic rings. The van der Waals surface area contributed by atoms with Gasteiger partial charge in [-0.05, 0) is 31.2 Å². The third-order valence-corrected chi connectivity index (χ3v) is 6.32. The third-order valence-electron chi connectivity index (χ3n) is 3.69. The molecule has 3 aromatic rings. The molecular formula is C15H17FN4O2S2. The summed E-state index contributed by atoms with van der Waals surface area (Å²) in [5, 5.41) is 0. The van der Waals surface area contributed by atoms with Crippen molar-refractivity contribution in [3.63, 3.8) is 0 Å². The van der Waals surface area contributed by atoms with E-state index in [2.05, 4.69) is 9.71 Å². The lowest BCUT2D eigenvalue weighted by molar-refractivity contribution is 0.505. The number of nitrogens with zero attached hydrogens (tertiary/aromatic N) is 3. The zero-order valence-corrected chi connectivity index (χ0v) is 15.1. The second kappa shape index (κ2) is 6.25. The molecule has 0 fully saturated rings. The van der Waals surface area contributed by atoms with Crippen LogP contribution in [0.15, 0.2) is 30.5 Å². The Bertz CT molecular complexity index is 975. The minimum absolute atomic E-state index is 0.215. The van der Waals surface area contributed by atoms with Crippen molar-refractivity contribution in [2.24, 2.45) is 0 Å². The van der Waals surface area contributed by atoms with E-state index in [0.717, 1.165) is 31.1 Å². The summed E-state index contributed by atoms with van der Waals surface area (Å²) in [7, 11) is -0.509. The molecule has 3 rings (SSSR count). The first kappa shape index (κ1) is 17.0. The minimum atomic E-state index is -3.46. The molecule has 128 valence electrons. The Hall–Kier alpha value is -1.81. The molecule has 9 heteroatoms. The van der Waals surface area contributed by atoms with Crippen LogP contribution in [-0.4, -0.2) is 36.2 Å². The Balaban J connectivity index is 1.87. The Morgan fingerprint density at radius 2 is 1.96 bits per heavy atom. The Morgan fingerprint density at radius 1 is 1.29 bits per heavy atom. The molecule has 1 N–H and O–H groups in total. The maximum Gasteiger partial charge on any atom is 0.279 e. The number of hydrogen-bond donors (Lipinski definition) is 1. The Morgan fingerprint density at radius 3 is 2.54 bits per heavy atom. The van der Waals surface area contributed by atoms with E-state index in [0.29, 0.717) is 0 Å². The van der Waals surface area contributed by atoms with Crippen LogP contribution in [0.4, 0.5) is 4.39 Å². The van der Waals surface area contributed by atoms with Gasteiger partial charge in [-0.25, -0.2) is 9.37 Å². The number of rotatable bonds is 5. The lowest BCUT2D eigenvalue weighted by atomic mass is 10.2. The van der Waals surface area contributed by atoms with Crippen molar-refractivity contribution in [1.82, 2.24) is 18.4 Å². The molecule has 0 amide bonds. The van der Waals surface area contributed by atoms with Crippen LogP contribution in [0.2, 0.25) is 0 Å². The zero-order chi connectivity index (χ0) is 17.5. The molecule has 24 heavy (non-hydrogen) atoms. The van der Waals surface area contributed by atoms with Gasteiger partial charge in [0.25, 0.3) is 10.2 Å². The fourth-order valence-corrected chi connectivity index (χ4v) is 3.92. The second-order valence-electron chi connectivity index (χ2n) is 5.50. The molecule has 0 aliphatic carbocycles. The first-order valence-electron chi connectivity index (χ1n) is 7.18. The molecule has 0 atom stereocenters. The van der Waals surface area contributed by atoms with Gasteiger partial charge in [0.1, 0.15) is 5.82 Å². The van der Waals surface area contributed by atoms with Gasteiger partial charge in [-0.15, -0.1) is 0 Å². The summed E-state index contributed by atoms with van der Waals surface area (Å²) in [5.41, 5.74) is 2.52. The summed E-state index contributed by atoms with van der Waals surface area (Å²) in [6.45, 7) is 2.13. The van der Waals surface area contributed by atoms with Gasteiger partial charge in [0.15, 0.2) is 4.96 Å². The molecule has 0 saturated carbocycles. The van der Waals surface area contributed by atoms with E-state index >= 15 is 0 Å². The number of halogens is 1. The number of aromatic nitrogens is 2. The molecule has 6 nitrogen and oxygen atoms in total. The maximum atomic E-state index is 13.0. The monoisotopic (exact) mass is 368 g/mol. The molecular weight excluding hydrogens is 351 g/mol. The van der Waals surface area contributed by atoms with Crippen LogP contribution in [0.3, 0.4) is 0 Å². The van der Waals surface area contributed by atoms with Crippen molar-refractivity contribution in [3.05, 3.63) is 46.9 Å². The largest absolute Gasteiger partial charge is 0.294 e. The van der Waals surface area contributed by atoms with Crippen molar-refractivity contribution in [2.45, 2.75) is 13.5 Å². The molecule has 0 unspecified atom stereocenters. The van der Waals surface area contributed by atoms with Gasteiger partial charge < -0.3 is 0 Å². The van der Waals surface area contributed by atoms with Gasteiger partial charge in [0, 0.05) is 43.0 Å². The normalized spacial score (nSPS) is 12.4. The van der Waals surface area contributed by atoms with E-state index in [1.165, 1.54) is 37.6 Å². The van der Waals surface area contributed by atoms with Gasteiger partial charge in [-0.1, -0.05) is 11.3 Å². The lowest BCUT2D eigenvalue weighted by Gasteiger charge is -2.11. The van der Waals surface area contributed by atoms with Gasteiger partial charge in [0.2, 0.25) is 0 Å². The number of nitrogens with one attached hydrogen (secondary N) is 1. The van der Waals surface area contributed by atoms with Gasteiger partial charge in [0.05, 0.1) is 5.69 Å². The van der Waals surface area contributed by atoms with E-state index < -0.39 is 10.2 Å². The highest BCUT2D eigenvalue weighted by molar-refractivity contribution is 7.87. The Kier molecular flexibility index (Phi) is 4.43. The predicted molar refractivity (Wildman–Crippen MR) is 92.6 cm³/mol. The van der Waals surface area contributed by atoms with E-state index in [-0.39, 0.29) is 12.4 Å². The minimum Gasteiger partial charge on any atom is -0.294 e. The molecule has 2 aromatic heterocycles. The Labute approximate surface area is 143 Å². The highest BCUT2D eigenvalue weighted by atomic mass is 32.2. The van der Waals surface area contributed by atoms with Gasteiger partial charge in [-0.2, -0.15) is 17.4 Å². The van der Waals surface area contributed by atoms with Crippen molar-refractivity contribution < 1.29 is 12.8 Å². The fourth-order valence-electron chi connectivity index (χ4n) is 2.20. The SMILES string of the molecule is Cc1c(CNS(=O)(=O)N(C)C)sc2nc(-c3ccc(F)cc3)cn12. The van der Waals surface area contributed by atoms with Crippen LogP contribution >= 0.6 is 11.3 Å². The quantitative estimate of drug-likeness (QED) is 0.752. The maximum absolute atomic E-state index is 13.0. The average Bonchev–Trinajstić information content (AvgIpc) is 3.06. The van der Waals surface area contributed by atoms with Crippen molar-refractivity contribution >= 4 is 26.5 Å². The molecule has 0 saturated heterocycles. The number of aryl methyl sites for hydroxylation is 1. The van der Waals surface area contributed by atoms with E-state index in [9.17, 15) is 12.8 Å². The summed E-state index contributed by atoms with van der Waals surface area (Å²) in [6, 6.07) is 6.17. The van der Waals surface area contributed by atoms with Crippen molar-refractivity contribution in [3.8, 4) is 11.3 Å². The first-order chi connectivity index (χ1) is 11.3. The third kappa shape index (κ3) is 3.20. The fraction of sp³-hybridized carbons (Fsp3) is 0.267. The number of hydrogen-bond acceptors (Lipinski definition) is 4. The van der Waals surface area contributed by atoms with Crippen LogP contribution in [-0.2, 0) is 16.8 Å². The van der Waals surface area contributed by atoms with Crippen LogP contribution < -0.4 is 4.72 Å². The molecule has 0 spiro atoms. The van der Waals surface area contributed by atoms with E-state index in [4.69, 9.17) is 0 Å². The van der Waals surface area contributed by atoms with Crippen LogP contribution in [0.1, 0.15) is 10.6 Å². The number of imidazole rings is 1. The first-order valence-corrected chi connectivity index (χ1v) is 9.44. The van der Waals surface area contributed by atoms with Crippen LogP contribution in [0.25, 0.3) is 16.2 Å². The van der Waals surface area contributed by atoms with E-state index in [1.807, 2.05) is 17.5 Å². The second-order valence-corrected chi connectivity index (χ2v) is 8.54. The molecule has 1 aromatic carbocycles. The molecule has 0 radical (unpaired) electrons. The number of thiazole rings is 1. The zero-order valence-electron chi connectivity index (χ0n) is 13.4. The highest BCUT2D eigenvalue weighted by Crippen LogP contribution is 2.27. The summed E-state index contributed by atoms with van der Waals surface area (Å²) in [5.74, 6) is -0.286. The molecule has 2 heterocycles. The average molecular weight is 368 g/mol. The van der Waals surface area contributed by atoms with Crippen molar-refractivity contribution in [2.75, 3.05) is 14.1 Å². The standard InChI is InChI=1S/C15H17FN4O2S2/c1-10-14(8-17-24(21,22)19(2)3)23-15-18-13(9-20(10)15)11-4-6-12(16)7-5-11/h4-7,9,17H,8H2,1-3H3. The van der Waals surface area contributed by atoms with E-state index in [1.54, 1.807) is 12.1 Å². The predicted octanol–water partition coefficient (Wildman–Crippen LogP) is 2.41. The summed E-state index contributed by atoms with van der Waals surface area (Å²) >= 11 is 1.43. The number of fused-ring (bicyclic) bond motifs is 1. The lowest BCUT2D eigenvalue weighted by Crippen LogP contribution is -2.35. The highest BCUT2D eigenvalue weighted by Gasteiger charge is 2.17. The van der Waals surface area contributed by atoms with Crippen LogP contribution in [0.5, 0.6) is 0 Å². The van der Waals surface area contributed by atoms with Crippen LogP contribution in [0, 0.1) is 12.7 Å². The summed E-state index contributed by atoms with van der Waals surface area (Å²) in [4.78, 5) is 6.21. The smallest absolute Gasteiger partial charge is 0.279 e. The summed E-state index contributed by atoms with van der Waals surface area (Å²) in [6.07, 6.45) is 1.87. The summed E-state index contributed by atoms with van der Waals surface area (Å²) < 4.78 is 42.2. The van der Waals surface area contributed by atoms with Crippen molar-refractivity contribution in [1.29, 1.82) is 0 Å². The van der Waals surface area contributed by atoms with Gasteiger partial charge in [-0.3, -0.25) is 4.40 Å².